The Hall–Kier alpha value is -0.130. The zero-order valence-corrected chi connectivity index (χ0v) is 11.2. The average molecular weight is 248 g/mol. The van der Waals surface area contributed by atoms with Gasteiger partial charge in [-0.3, -0.25) is 4.90 Å². The van der Waals surface area contributed by atoms with Crippen molar-refractivity contribution in [3.8, 4) is 0 Å². The number of nitrogens with zero attached hydrogens (tertiary/aromatic N) is 1. The highest BCUT2D eigenvalue weighted by Crippen LogP contribution is 2.15. The molecule has 96 valence electrons. The minimum atomic E-state index is -2.78. The zero-order chi connectivity index (χ0) is 12.2. The summed E-state index contributed by atoms with van der Waals surface area (Å²) in [5, 5.41) is 0. The van der Waals surface area contributed by atoms with Crippen molar-refractivity contribution >= 4 is 9.84 Å². The summed E-state index contributed by atoms with van der Waals surface area (Å²) in [7, 11) is -2.78. The molecule has 5 heteroatoms. The molecule has 0 saturated carbocycles. The van der Waals surface area contributed by atoms with Crippen LogP contribution in [0.2, 0.25) is 0 Å². The van der Waals surface area contributed by atoms with Gasteiger partial charge in [0.15, 0.2) is 9.84 Å². The Morgan fingerprint density at radius 3 is 2.75 bits per heavy atom. The second kappa shape index (κ2) is 5.98. The molecule has 0 aromatic rings. The fraction of sp³-hybridized carbons (Fsp3) is 1.00. The Morgan fingerprint density at radius 1 is 1.50 bits per heavy atom. The summed E-state index contributed by atoms with van der Waals surface area (Å²) in [4.78, 5) is 2.29. The van der Waals surface area contributed by atoms with Gasteiger partial charge in [0.05, 0.1) is 11.5 Å². The van der Waals surface area contributed by atoms with Gasteiger partial charge in [0.2, 0.25) is 0 Å². The standard InChI is InChI=1S/C11H24N2O2S/c1-10(4-3-5-12)8-13-6-7-16(14,15)9-11(13)2/h10-11H,3-9,12H2,1-2H3. The van der Waals surface area contributed by atoms with Crippen LogP contribution >= 0.6 is 0 Å². The van der Waals surface area contributed by atoms with Gasteiger partial charge in [-0.2, -0.15) is 0 Å². The van der Waals surface area contributed by atoms with Crippen LogP contribution in [0.15, 0.2) is 0 Å². The first-order valence-electron chi connectivity index (χ1n) is 6.09. The quantitative estimate of drug-likeness (QED) is 0.768. The Labute approximate surface area is 99.1 Å². The van der Waals surface area contributed by atoms with Gasteiger partial charge in [-0.05, 0) is 32.2 Å². The maximum atomic E-state index is 11.4. The molecule has 16 heavy (non-hydrogen) atoms. The van der Waals surface area contributed by atoms with Crippen LogP contribution in [-0.4, -0.2) is 50.5 Å². The molecule has 2 atom stereocenters. The van der Waals surface area contributed by atoms with E-state index in [2.05, 4.69) is 11.8 Å². The van der Waals surface area contributed by atoms with Crippen LogP contribution in [0, 0.1) is 5.92 Å². The molecule has 0 aromatic carbocycles. The first kappa shape index (κ1) is 13.9. The lowest BCUT2D eigenvalue weighted by Gasteiger charge is -2.34. The molecule has 1 saturated heterocycles. The zero-order valence-electron chi connectivity index (χ0n) is 10.4. The minimum absolute atomic E-state index is 0.166. The van der Waals surface area contributed by atoms with Gasteiger partial charge in [-0.1, -0.05) is 6.92 Å². The van der Waals surface area contributed by atoms with E-state index in [1.807, 2.05) is 6.92 Å². The van der Waals surface area contributed by atoms with E-state index in [4.69, 9.17) is 5.73 Å². The summed E-state index contributed by atoms with van der Waals surface area (Å²) in [5.41, 5.74) is 5.48. The highest BCUT2D eigenvalue weighted by atomic mass is 32.2. The molecule has 1 rings (SSSR count). The third kappa shape index (κ3) is 4.39. The third-order valence-electron chi connectivity index (χ3n) is 3.26. The van der Waals surface area contributed by atoms with Crippen LogP contribution in [0.4, 0.5) is 0 Å². The van der Waals surface area contributed by atoms with Gasteiger partial charge in [-0.25, -0.2) is 8.42 Å². The summed E-state index contributed by atoms with van der Waals surface area (Å²) in [5.74, 6) is 1.24. The van der Waals surface area contributed by atoms with Crippen molar-refractivity contribution in [3.63, 3.8) is 0 Å². The normalized spacial score (nSPS) is 27.8. The second-order valence-electron chi connectivity index (χ2n) is 4.99. The number of rotatable bonds is 5. The molecule has 2 N–H and O–H groups in total. The molecular weight excluding hydrogens is 224 g/mol. The lowest BCUT2D eigenvalue weighted by Crippen LogP contribution is -2.48. The minimum Gasteiger partial charge on any atom is -0.330 e. The van der Waals surface area contributed by atoms with E-state index < -0.39 is 9.84 Å². The first-order chi connectivity index (χ1) is 7.44. The van der Waals surface area contributed by atoms with Crippen molar-refractivity contribution in [1.82, 2.24) is 4.90 Å². The molecule has 1 aliphatic heterocycles. The summed E-state index contributed by atoms with van der Waals surface area (Å²) in [6.45, 7) is 6.65. The van der Waals surface area contributed by atoms with E-state index in [1.165, 1.54) is 0 Å². The summed E-state index contributed by atoms with van der Waals surface area (Å²) < 4.78 is 22.8. The molecule has 0 radical (unpaired) electrons. The highest BCUT2D eigenvalue weighted by molar-refractivity contribution is 7.91. The highest BCUT2D eigenvalue weighted by Gasteiger charge is 2.28. The summed E-state index contributed by atoms with van der Waals surface area (Å²) in [6.07, 6.45) is 2.19. The van der Waals surface area contributed by atoms with Crippen molar-refractivity contribution in [2.75, 3.05) is 31.1 Å². The van der Waals surface area contributed by atoms with Gasteiger partial charge in [0.25, 0.3) is 0 Å². The molecule has 0 aromatic heterocycles. The summed E-state index contributed by atoms with van der Waals surface area (Å²) in [6, 6.07) is 0.166. The van der Waals surface area contributed by atoms with Crippen molar-refractivity contribution in [2.45, 2.75) is 32.7 Å². The maximum Gasteiger partial charge on any atom is 0.153 e. The van der Waals surface area contributed by atoms with Crippen molar-refractivity contribution < 1.29 is 8.42 Å². The molecule has 0 bridgehead atoms. The smallest absolute Gasteiger partial charge is 0.153 e. The fourth-order valence-corrected chi connectivity index (χ4v) is 3.89. The average Bonchev–Trinajstić information content (AvgIpc) is 2.18. The van der Waals surface area contributed by atoms with E-state index in [-0.39, 0.29) is 6.04 Å². The van der Waals surface area contributed by atoms with Crippen LogP contribution in [0.25, 0.3) is 0 Å². The Morgan fingerprint density at radius 2 is 2.19 bits per heavy atom. The van der Waals surface area contributed by atoms with Crippen LogP contribution in [0.5, 0.6) is 0 Å². The fourth-order valence-electron chi connectivity index (χ4n) is 2.26. The topological polar surface area (TPSA) is 63.4 Å². The summed E-state index contributed by atoms with van der Waals surface area (Å²) >= 11 is 0. The van der Waals surface area contributed by atoms with E-state index in [0.717, 1.165) is 25.9 Å². The van der Waals surface area contributed by atoms with E-state index in [0.29, 0.717) is 24.0 Å². The predicted octanol–water partition coefficient (Wildman–Crippen LogP) is 0.480. The molecule has 1 aliphatic rings. The van der Waals surface area contributed by atoms with Crippen LogP contribution in [-0.2, 0) is 9.84 Å². The lowest BCUT2D eigenvalue weighted by atomic mass is 10.0. The molecule has 0 amide bonds. The molecule has 0 aliphatic carbocycles. The number of hydrogen-bond acceptors (Lipinski definition) is 4. The van der Waals surface area contributed by atoms with Crippen LogP contribution in [0.1, 0.15) is 26.7 Å². The van der Waals surface area contributed by atoms with Crippen LogP contribution < -0.4 is 5.73 Å². The maximum absolute atomic E-state index is 11.4. The van der Waals surface area contributed by atoms with E-state index in [9.17, 15) is 8.42 Å². The van der Waals surface area contributed by atoms with Crippen LogP contribution in [0.3, 0.4) is 0 Å². The van der Waals surface area contributed by atoms with E-state index >= 15 is 0 Å². The second-order valence-corrected chi connectivity index (χ2v) is 7.22. The largest absolute Gasteiger partial charge is 0.330 e. The van der Waals surface area contributed by atoms with Gasteiger partial charge in [-0.15, -0.1) is 0 Å². The van der Waals surface area contributed by atoms with Gasteiger partial charge in [0, 0.05) is 19.1 Å². The molecular formula is C11H24N2O2S. The Bertz CT molecular complexity index is 303. The Balaban J connectivity index is 2.38. The van der Waals surface area contributed by atoms with Gasteiger partial charge < -0.3 is 5.73 Å². The van der Waals surface area contributed by atoms with Gasteiger partial charge in [0.1, 0.15) is 0 Å². The van der Waals surface area contributed by atoms with Crippen molar-refractivity contribution in [1.29, 1.82) is 0 Å². The molecule has 1 fully saturated rings. The Kier molecular flexibility index (Phi) is 5.21. The third-order valence-corrected chi connectivity index (χ3v) is 5.05. The molecule has 1 heterocycles. The van der Waals surface area contributed by atoms with Gasteiger partial charge >= 0.3 is 0 Å². The van der Waals surface area contributed by atoms with Crippen molar-refractivity contribution in [2.24, 2.45) is 11.7 Å². The van der Waals surface area contributed by atoms with Crippen molar-refractivity contribution in [3.05, 3.63) is 0 Å². The number of nitrogens with two attached hydrogens (primary N) is 1. The predicted molar refractivity (Wildman–Crippen MR) is 67.1 cm³/mol. The number of hydrogen-bond donors (Lipinski definition) is 1. The SMILES string of the molecule is CC(CCCN)CN1CCS(=O)(=O)CC1C. The lowest BCUT2D eigenvalue weighted by molar-refractivity contribution is 0.192. The number of sulfone groups is 1. The monoisotopic (exact) mass is 248 g/mol. The van der Waals surface area contributed by atoms with E-state index in [1.54, 1.807) is 0 Å². The first-order valence-corrected chi connectivity index (χ1v) is 7.91. The molecule has 4 nitrogen and oxygen atoms in total. The molecule has 2 unspecified atom stereocenters. The molecule has 0 spiro atoms.